The summed E-state index contributed by atoms with van der Waals surface area (Å²) in [6.07, 6.45) is 1.62. The Hall–Kier alpha value is -1.40. The Morgan fingerprint density at radius 2 is 2.05 bits per heavy atom. The molecule has 1 rings (SSSR count). The van der Waals surface area contributed by atoms with Crippen LogP contribution in [0.1, 0.15) is 47.3 Å². The first-order chi connectivity index (χ1) is 9.40. The molecule has 0 fully saturated rings. The van der Waals surface area contributed by atoms with Crippen LogP contribution in [0.25, 0.3) is 0 Å². The summed E-state index contributed by atoms with van der Waals surface area (Å²) < 4.78 is 0. The molecular formula is C14H21NO4S. The van der Waals surface area contributed by atoms with Crippen molar-refractivity contribution in [1.82, 2.24) is 5.32 Å². The van der Waals surface area contributed by atoms with Crippen LogP contribution in [0, 0.1) is 0 Å². The summed E-state index contributed by atoms with van der Waals surface area (Å²) in [7, 11) is 0. The number of amides is 1. The second-order valence-electron chi connectivity index (χ2n) is 4.69. The Morgan fingerprint density at radius 1 is 1.40 bits per heavy atom. The van der Waals surface area contributed by atoms with Crippen molar-refractivity contribution in [3.05, 3.63) is 21.4 Å². The third-order valence-electron chi connectivity index (χ3n) is 3.01. The topological polar surface area (TPSA) is 86.6 Å². The van der Waals surface area contributed by atoms with E-state index < -0.39 is 24.0 Å². The van der Waals surface area contributed by atoms with Gasteiger partial charge in [0.15, 0.2) is 6.04 Å². The molecule has 0 aromatic carbocycles. The van der Waals surface area contributed by atoms with Crippen molar-refractivity contribution >= 4 is 23.2 Å². The minimum absolute atomic E-state index is 0.444. The summed E-state index contributed by atoms with van der Waals surface area (Å²) in [5.74, 6) is -1.69. The highest BCUT2D eigenvalue weighted by molar-refractivity contribution is 7.14. The van der Waals surface area contributed by atoms with Crippen LogP contribution in [0.5, 0.6) is 0 Å². The van der Waals surface area contributed by atoms with Crippen molar-refractivity contribution in [2.45, 2.75) is 52.2 Å². The molecule has 0 spiro atoms. The lowest BCUT2D eigenvalue weighted by atomic mass is 10.1. The number of hydrogen-bond donors (Lipinski definition) is 3. The van der Waals surface area contributed by atoms with Gasteiger partial charge in [0.1, 0.15) is 0 Å². The molecule has 3 N–H and O–H groups in total. The highest BCUT2D eigenvalue weighted by Gasteiger charge is 2.26. The van der Waals surface area contributed by atoms with E-state index in [2.05, 4.69) is 12.2 Å². The zero-order valence-corrected chi connectivity index (χ0v) is 12.8. The molecule has 20 heavy (non-hydrogen) atoms. The zero-order chi connectivity index (χ0) is 15.3. The zero-order valence-electron chi connectivity index (χ0n) is 12.0. The third kappa shape index (κ3) is 4.05. The maximum atomic E-state index is 12.1. The molecule has 1 aromatic heterocycles. The van der Waals surface area contributed by atoms with E-state index in [4.69, 9.17) is 5.11 Å². The molecule has 0 aliphatic carbocycles. The molecule has 1 heterocycles. The van der Waals surface area contributed by atoms with Crippen molar-refractivity contribution in [3.63, 3.8) is 0 Å². The maximum Gasteiger partial charge on any atom is 0.328 e. The number of aliphatic hydroxyl groups excluding tert-OH is 1. The van der Waals surface area contributed by atoms with Crippen LogP contribution in [0.2, 0.25) is 0 Å². The summed E-state index contributed by atoms with van der Waals surface area (Å²) in [6, 6.07) is 0.524. The predicted octanol–water partition coefficient (Wildman–Crippen LogP) is 1.83. The molecule has 1 amide bonds. The smallest absolute Gasteiger partial charge is 0.328 e. The fraction of sp³-hybridized carbons (Fsp3) is 0.571. The summed E-state index contributed by atoms with van der Waals surface area (Å²) >= 11 is 1.40. The molecule has 0 saturated carbocycles. The second-order valence-corrected chi connectivity index (χ2v) is 5.83. The van der Waals surface area contributed by atoms with E-state index in [1.807, 2.05) is 13.0 Å². The van der Waals surface area contributed by atoms with Gasteiger partial charge in [-0.1, -0.05) is 20.3 Å². The van der Waals surface area contributed by atoms with Crippen molar-refractivity contribution in [2.24, 2.45) is 0 Å². The van der Waals surface area contributed by atoms with Crippen molar-refractivity contribution < 1.29 is 19.8 Å². The molecule has 0 radical (unpaired) electrons. The number of carbonyl (C=O) groups excluding carboxylic acids is 1. The molecule has 112 valence electrons. The van der Waals surface area contributed by atoms with Gasteiger partial charge in [0.05, 0.1) is 11.0 Å². The first kappa shape index (κ1) is 16.7. The molecule has 2 atom stereocenters. The molecule has 0 unspecified atom stereocenters. The van der Waals surface area contributed by atoms with Gasteiger partial charge in [-0.2, -0.15) is 0 Å². The number of thiophene rings is 1. The number of hydrogen-bond acceptors (Lipinski definition) is 4. The van der Waals surface area contributed by atoms with Crippen LogP contribution in [0.4, 0.5) is 0 Å². The van der Waals surface area contributed by atoms with Crippen molar-refractivity contribution in [1.29, 1.82) is 0 Å². The van der Waals surface area contributed by atoms with Crippen molar-refractivity contribution in [3.8, 4) is 0 Å². The van der Waals surface area contributed by atoms with E-state index in [9.17, 15) is 14.7 Å². The highest BCUT2D eigenvalue weighted by Crippen LogP contribution is 2.24. The van der Waals surface area contributed by atoms with Gasteiger partial charge in [-0.15, -0.1) is 11.3 Å². The first-order valence-electron chi connectivity index (χ1n) is 6.74. The Labute approximate surface area is 122 Å². The lowest BCUT2D eigenvalue weighted by Crippen LogP contribution is -2.47. The second kappa shape index (κ2) is 7.40. The number of carboxylic acids is 1. The molecular weight excluding hydrogens is 278 g/mol. The number of aryl methyl sites for hydroxylation is 2. The monoisotopic (exact) mass is 299 g/mol. The quantitative estimate of drug-likeness (QED) is 0.717. The minimum atomic E-state index is -1.29. The number of carbonyl (C=O) groups is 2. The summed E-state index contributed by atoms with van der Waals surface area (Å²) in [5, 5.41) is 20.7. The minimum Gasteiger partial charge on any atom is -0.480 e. The van der Waals surface area contributed by atoms with Gasteiger partial charge in [0, 0.05) is 4.88 Å². The molecule has 0 saturated heterocycles. The van der Waals surface area contributed by atoms with E-state index in [-0.39, 0.29) is 0 Å². The van der Waals surface area contributed by atoms with Gasteiger partial charge < -0.3 is 15.5 Å². The van der Waals surface area contributed by atoms with E-state index in [1.54, 1.807) is 0 Å². The lowest BCUT2D eigenvalue weighted by molar-refractivity contribution is -0.141. The number of carboxylic acid groups (broad SMARTS) is 1. The largest absolute Gasteiger partial charge is 0.480 e. The Kier molecular flexibility index (Phi) is 6.16. The highest BCUT2D eigenvalue weighted by atomic mass is 32.1. The number of nitrogens with one attached hydrogen (secondary N) is 1. The lowest BCUT2D eigenvalue weighted by Gasteiger charge is -2.16. The Balaban J connectivity index is 2.89. The van der Waals surface area contributed by atoms with E-state index >= 15 is 0 Å². The van der Waals surface area contributed by atoms with E-state index in [0.29, 0.717) is 4.88 Å². The van der Waals surface area contributed by atoms with Crippen LogP contribution in [-0.4, -0.2) is 34.2 Å². The van der Waals surface area contributed by atoms with Crippen LogP contribution in [-0.2, 0) is 17.6 Å². The fourth-order valence-electron chi connectivity index (χ4n) is 1.92. The Morgan fingerprint density at radius 3 is 2.50 bits per heavy atom. The average molecular weight is 299 g/mol. The van der Waals surface area contributed by atoms with Crippen LogP contribution in [0.15, 0.2) is 6.07 Å². The van der Waals surface area contributed by atoms with Gasteiger partial charge in [-0.25, -0.2) is 4.79 Å². The predicted molar refractivity (Wildman–Crippen MR) is 78.3 cm³/mol. The summed E-state index contributed by atoms with van der Waals surface area (Å²) in [6.45, 7) is 5.44. The van der Waals surface area contributed by atoms with Crippen LogP contribution < -0.4 is 5.32 Å². The molecule has 6 heteroatoms. The molecule has 5 nitrogen and oxygen atoms in total. The van der Waals surface area contributed by atoms with Crippen LogP contribution >= 0.6 is 11.3 Å². The molecule has 0 aliphatic heterocycles. The fourth-order valence-corrected chi connectivity index (χ4v) is 3.18. The van der Waals surface area contributed by atoms with Gasteiger partial charge >= 0.3 is 5.97 Å². The standard InChI is InChI=1S/C14H21NO4S/c1-4-6-10-9(5-2)7-11(20-10)13(17)15-12(8(3)16)14(18)19/h7-8,12,16H,4-6H2,1-3H3,(H,15,17)(H,18,19)/t8-,12+/m1/s1. The molecule has 1 aromatic rings. The number of aliphatic carboxylic acids is 1. The third-order valence-corrected chi connectivity index (χ3v) is 4.25. The Bertz CT molecular complexity index is 482. The average Bonchev–Trinajstić information content (AvgIpc) is 2.78. The van der Waals surface area contributed by atoms with Crippen LogP contribution in [0.3, 0.4) is 0 Å². The van der Waals surface area contributed by atoms with Gasteiger partial charge in [-0.05, 0) is 31.4 Å². The normalized spacial score (nSPS) is 13.8. The van der Waals surface area contributed by atoms with E-state index in [1.165, 1.54) is 23.1 Å². The SMILES string of the molecule is CCCc1sc(C(=O)N[C@H](C(=O)O)[C@@H](C)O)cc1CC. The maximum absolute atomic E-state index is 12.1. The number of rotatable bonds is 7. The summed E-state index contributed by atoms with van der Waals surface area (Å²) in [4.78, 5) is 24.7. The first-order valence-corrected chi connectivity index (χ1v) is 7.55. The van der Waals surface area contributed by atoms with Crippen molar-refractivity contribution in [2.75, 3.05) is 0 Å². The molecule has 0 bridgehead atoms. The van der Waals surface area contributed by atoms with E-state index in [0.717, 1.165) is 24.8 Å². The van der Waals surface area contributed by atoms with Gasteiger partial charge in [-0.3, -0.25) is 4.79 Å². The molecule has 0 aliphatic rings. The van der Waals surface area contributed by atoms with Gasteiger partial charge in [0.2, 0.25) is 0 Å². The number of aliphatic hydroxyl groups is 1. The summed E-state index contributed by atoms with van der Waals surface area (Å²) in [5.41, 5.74) is 1.13. The van der Waals surface area contributed by atoms with Gasteiger partial charge in [0.25, 0.3) is 5.91 Å².